The molecule has 1 aliphatic heterocycles. The highest BCUT2D eigenvalue weighted by atomic mass is 16.3. The van der Waals surface area contributed by atoms with Gasteiger partial charge < -0.3 is 19.5 Å². The Bertz CT molecular complexity index is 1350. The van der Waals surface area contributed by atoms with Crippen molar-refractivity contribution >= 4 is 23.3 Å². The van der Waals surface area contributed by atoms with E-state index < -0.39 is 0 Å². The number of aromatic nitrogens is 3. The molecule has 33 heavy (non-hydrogen) atoms. The molecule has 10 nitrogen and oxygen atoms in total. The molecule has 3 aromatic heterocycles. The van der Waals surface area contributed by atoms with Gasteiger partial charge in [0.2, 0.25) is 0 Å². The van der Waals surface area contributed by atoms with Crippen LogP contribution in [-0.4, -0.2) is 62.1 Å². The normalized spacial score (nSPS) is 13.9. The van der Waals surface area contributed by atoms with Crippen molar-refractivity contribution in [3.8, 4) is 0 Å². The van der Waals surface area contributed by atoms with Gasteiger partial charge >= 0.3 is 11.7 Å². The van der Waals surface area contributed by atoms with Gasteiger partial charge in [-0.3, -0.25) is 9.20 Å². The number of pyridine rings is 1. The molecule has 1 saturated heterocycles. The Balaban J connectivity index is 1.21. The summed E-state index contributed by atoms with van der Waals surface area (Å²) in [5.74, 6) is 0.129. The van der Waals surface area contributed by atoms with Crippen molar-refractivity contribution in [3.05, 3.63) is 88.9 Å². The topological polar surface area (TPSA) is 105 Å². The monoisotopic (exact) mass is 446 g/mol. The zero-order valence-electron chi connectivity index (χ0n) is 17.8. The Morgan fingerprint density at radius 3 is 2.55 bits per heavy atom. The average molecular weight is 446 g/mol. The fourth-order valence-electron chi connectivity index (χ4n) is 3.86. The number of fused-ring (bicyclic) bond motifs is 1. The van der Waals surface area contributed by atoms with Gasteiger partial charge in [-0.25, -0.2) is 14.3 Å². The summed E-state index contributed by atoms with van der Waals surface area (Å²) in [6, 6.07) is 15.8. The van der Waals surface area contributed by atoms with Crippen molar-refractivity contribution in [3.63, 3.8) is 0 Å². The molecule has 10 heteroatoms. The highest BCUT2D eigenvalue weighted by molar-refractivity contribution is 5.92. The Morgan fingerprint density at radius 2 is 1.79 bits per heavy atom. The predicted molar refractivity (Wildman–Crippen MR) is 120 cm³/mol. The molecule has 0 spiro atoms. The van der Waals surface area contributed by atoms with Crippen LogP contribution in [-0.2, 0) is 6.54 Å². The summed E-state index contributed by atoms with van der Waals surface area (Å²) in [6.45, 7) is 2.01. The number of furan rings is 1. The molecule has 1 aromatic carbocycles. The van der Waals surface area contributed by atoms with Crippen molar-refractivity contribution in [2.24, 2.45) is 0 Å². The van der Waals surface area contributed by atoms with Gasteiger partial charge in [-0.1, -0.05) is 18.2 Å². The lowest BCUT2D eigenvalue weighted by Gasteiger charge is -2.34. The minimum atomic E-state index is -0.234. The number of carbonyl (C=O) groups excluding carboxylic acids is 2. The molecule has 1 aliphatic rings. The standard InChI is InChI=1S/C23H22N6O4/c30-21(19-7-4-14-33-19)26-10-12-27(13-11-26)22(31)24-18-6-3-5-17(15-18)16-29-23(32)28-9-2-1-8-20(28)25-29/h1-9,14-15H,10-13,16H2,(H,24,31). The fourth-order valence-corrected chi connectivity index (χ4v) is 3.86. The first kappa shape index (κ1) is 20.6. The lowest BCUT2D eigenvalue weighted by molar-refractivity contribution is 0.0640. The number of rotatable bonds is 4. The molecule has 0 atom stereocenters. The van der Waals surface area contributed by atoms with Gasteiger partial charge in [0.05, 0.1) is 12.8 Å². The number of hydrogen-bond donors (Lipinski definition) is 1. The Hall–Kier alpha value is -4.34. The maximum atomic E-state index is 12.7. The molecule has 0 saturated carbocycles. The van der Waals surface area contributed by atoms with Crippen molar-refractivity contribution in [2.45, 2.75) is 6.54 Å². The number of amides is 3. The van der Waals surface area contributed by atoms with Crippen LogP contribution in [0, 0.1) is 0 Å². The highest BCUT2D eigenvalue weighted by Gasteiger charge is 2.26. The summed E-state index contributed by atoms with van der Waals surface area (Å²) >= 11 is 0. The van der Waals surface area contributed by atoms with Crippen molar-refractivity contribution in [1.82, 2.24) is 24.0 Å². The highest BCUT2D eigenvalue weighted by Crippen LogP contribution is 2.14. The zero-order valence-corrected chi connectivity index (χ0v) is 17.8. The van der Waals surface area contributed by atoms with Gasteiger partial charge in [-0.2, -0.15) is 0 Å². The molecule has 168 valence electrons. The first-order valence-electron chi connectivity index (χ1n) is 10.6. The number of hydrogen-bond acceptors (Lipinski definition) is 5. The van der Waals surface area contributed by atoms with E-state index in [-0.39, 0.29) is 24.2 Å². The molecule has 0 aliphatic carbocycles. The summed E-state index contributed by atoms with van der Waals surface area (Å²) in [4.78, 5) is 41.0. The summed E-state index contributed by atoms with van der Waals surface area (Å²) in [6.07, 6.45) is 3.15. The predicted octanol–water partition coefficient (Wildman–Crippen LogP) is 2.13. The number of nitrogens with one attached hydrogen (secondary N) is 1. The fraction of sp³-hybridized carbons (Fsp3) is 0.217. The third-order valence-electron chi connectivity index (χ3n) is 5.59. The molecule has 3 amide bonds. The molecule has 5 rings (SSSR count). The summed E-state index contributed by atoms with van der Waals surface area (Å²) in [7, 11) is 0. The molecular formula is C23H22N6O4. The van der Waals surface area contributed by atoms with Crippen molar-refractivity contribution in [2.75, 3.05) is 31.5 Å². The number of benzene rings is 1. The van der Waals surface area contributed by atoms with Gasteiger partial charge in [-0.15, -0.1) is 5.10 Å². The second kappa shape index (κ2) is 8.65. The summed E-state index contributed by atoms with van der Waals surface area (Å²) in [5.41, 5.74) is 1.83. The molecule has 1 fully saturated rings. The van der Waals surface area contributed by atoms with E-state index >= 15 is 0 Å². The van der Waals surface area contributed by atoms with E-state index in [4.69, 9.17) is 4.42 Å². The average Bonchev–Trinajstić information content (AvgIpc) is 3.48. The van der Waals surface area contributed by atoms with E-state index in [0.29, 0.717) is 43.3 Å². The van der Waals surface area contributed by atoms with Crippen LogP contribution in [0.3, 0.4) is 0 Å². The van der Waals surface area contributed by atoms with E-state index in [1.54, 1.807) is 46.3 Å². The Morgan fingerprint density at radius 1 is 0.970 bits per heavy atom. The lowest BCUT2D eigenvalue weighted by Crippen LogP contribution is -2.51. The second-order valence-electron chi connectivity index (χ2n) is 7.76. The number of urea groups is 1. The number of piperazine rings is 1. The maximum Gasteiger partial charge on any atom is 0.350 e. The summed E-state index contributed by atoms with van der Waals surface area (Å²) < 4.78 is 8.05. The van der Waals surface area contributed by atoms with Gasteiger partial charge in [0.15, 0.2) is 11.4 Å². The van der Waals surface area contributed by atoms with Gasteiger partial charge in [0.1, 0.15) is 0 Å². The smallest absolute Gasteiger partial charge is 0.350 e. The van der Waals surface area contributed by atoms with Crippen molar-refractivity contribution in [1.29, 1.82) is 0 Å². The number of carbonyl (C=O) groups is 2. The second-order valence-corrected chi connectivity index (χ2v) is 7.76. The first-order valence-corrected chi connectivity index (χ1v) is 10.6. The third kappa shape index (κ3) is 4.22. The molecule has 0 radical (unpaired) electrons. The summed E-state index contributed by atoms with van der Waals surface area (Å²) in [5, 5.41) is 7.25. The minimum Gasteiger partial charge on any atom is -0.459 e. The Labute approximate surface area is 188 Å². The minimum absolute atomic E-state index is 0.171. The molecule has 0 unspecified atom stereocenters. The van der Waals surface area contributed by atoms with Crippen LogP contribution in [0.5, 0.6) is 0 Å². The van der Waals surface area contributed by atoms with Crippen LogP contribution in [0.2, 0.25) is 0 Å². The Kier molecular flexibility index (Phi) is 5.39. The maximum absolute atomic E-state index is 12.7. The first-order chi connectivity index (χ1) is 16.1. The largest absolute Gasteiger partial charge is 0.459 e. The zero-order chi connectivity index (χ0) is 22.8. The molecule has 4 heterocycles. The SMILES string of the molecule is O=C(Nc1cccc(Cn2nc3ccccn3c2=O)c1)N1CCN(C(=O)c2ccco2)CC1. The van der Waals surface area contributed by atoms with Crippen LogP contribution in [0.1, 0.15) is 16.1 Å². The van der Waals surface area contributed by atoms with E-state index in [1.807, 2.05) is 24.3 Å². The van der Waals surface area contributed by atoms with E-state index in [0.717, 1.165) is 5.56 Å². The van der Waals surface area contributed by atoms with Crippen LogP contribution >= 0.6 is 0 Å². The number of anilines is 1. The van der Waals surface area contributed by atoms with Gasteiger partial charge in [-0.05, 0) is 42.0 Å². The van der Waals surface area contributed by atoms with Gasteiger partial charge in [0.25, 0.3) is 5.91 Å². The third-order valence-corrected chi connectivity index (χ3v) is 5.59. The van der Waals surface area contributed by atoms with E-state index in [2.05, 4.69) is 10.4 Å². The van der Waals surface area contributed by atoms with Crippen molar-refractivity contribution < 1.29 is 14.0 Å². The molecular weight excluding hydrogens is 424 g/mol. The lowest BCUT2D eigenvalue weighted by atomic mass is 10.2. The molecule has 1 N–H and O–H groups in total. The van der Waals surface area contributed by atoms with E-state index in [1.165, 1.54) is 15.3 Å². The van der Waals surface area contributed by atoms with Crippen LogP contribution < -0.4 is 11.0 Å². The van der Waals surface area contributed by atoms with Gasteiger partial charge in [0, 0.05) is 38.1 Å². The number of nitrogens with zero attached hydrogens (tertiary/aromatic N) is 5. The van der Waals surface area contributed by atoms with Crippen LogP contribution in [0.4, 0.5) is 10.5 Å². The molecule has 0 bridgehead atoms. The quantitative estimate of drug-likeness (QED) is 0.517. The van der Waals surface area contributed by atoms with Crippen LogP contribution in [0.15, 0.2) is 76.3 Å². The van der Waals surface area contributed by atoms with Crippen LogP contribution in [0.25, 0.3) is 5.65 Å². The molecule has 4 aromatic rings. The van der Waals surface area contributed by atoms with E-state index in [9.17, 15) is 14.4 Å².